The number of hydrogen-bond acceptors (Lipinski definition) is 1. The van der Waals surface area contributed by atoms with Crippen LogP contribution in [0.3, 0.4) is 0 Å². The number of rotatable bonds is 1. The minimum atomic E-state index is -0.227. The molecule has 0 aliphatic heterocycles. The maximum atomic E-state index is 12.9. The van der Waals surface area contributed by atoms with E-state index in [0.29, 0.717) is 0 Å². The van der Waals surface area contributed by atoms with Crippen molar-refractivity contribution in [2.75, 3.05) is 0 Å². The van der Waals surface area contributed by atoms with Crippen molar-refractivity contribution >= 4 is 28.2 Å². The highest BCUT2D eigenvalue weighted by molar-refractivity contribution is 14.1. The lowest BCUT2D eigenvalue weighted by Crippen LogP contribution is -1.88. The third-order valence-corrected chi connectivity index (χ3v) is 3.58. The Labute approximate surface area is 118 Å². The van der Waals surface area contributed by atoms with Gasteiger partial charge in [0.15, 0.2) is 0 Å². The zero-order valence-electron chi connectivity index (χ0n) is 9.69. The number of aromatic nitrogens is 2. The van der Waals surface area contributed by atoms with Gasteiger partial charge in [0.2, 0.25) is 0 Å². The fourth-order valence-electron chi connectivity index (χ4n) is 2.02. The van der Waals surface area contributed by atoms with Gasteiger partial charge in [0, 0.05) is 21.0 Å². The molecule has 2 nitrogen and oxygen atoms in total. The van der Waals surface area contributed by atoms with Gasteiger partial charge in [-0.3, -0.25) is 0 Å². The second kappa shape index (κ2) is 4.35. The van der Waals surface area contributed by atoms with Crippen molar-refractivity contribution in [3.05, 3.63) is 57.7 Å². The number of imidazole rings is 1. The maximum Gasteiger partial charge on any atom is 0.137 e. The predicted molar refractivity (Wildman–Crippen MR) is 78.0 cm³/mol. The summed E-state index contributed by atoms with van der Waals surface area (Å²) in [5.41, 5.74) is 3.81. The van der Waals surface area contributed by atoms with Gasteiger partial charge in [-0.2, -0.15) is 0 Å². The molecule has 0 amide bonds. The summed E-state index contributed by atoms with van der Waals surface area (Å²) in [6, 6.07) is 10.5. The molecule has 0 unspecified atom stereocenters. The second-order valence-electron chi connectivity index (χ2n) is 4.13. The quantitative estimate of drug-likeness (QED) is 0.607. The third-order valence-electron chi connectivity index (χ3n) is 2.94. The largest absolute Gasteiger partial charge is 0.303 e. The smallest absolute Gasteiger partial charge is 0.137 e. The SMILES string of the molecule is Cc1c(-c2ccc(F)cc2)nc2ccc([123I])cn12. The van der Waals surface area contributed by atoms with E-state index in [-0.39, 0.29) is 5.82 Å². The summed E-state index contributed by atoms with van der Waals surface area (Å²) in [4.78, 5) is 4.59. The van der Waals surface area contributed by atoms with Gasteiger partial charge in [-0.25, -0.2) is 9.37 Å². The number of hydrogen-bond donors (Lipinski definition) is 0. The topological polar surface area (TPSA) is 17.3 Å². The lowest BCUT2D eigenvalue weighted by Gasteiger charge is -1.99. The molecule has 3 rings (SSSR count). The lowest BCUT2D eigenvalue weighted by atomic mass is 10.1. The summed E-state index contributed by atoms with van der Waals surface area (Å²) < 4.78 is 16.1. The Morgan fingerprint density at radius 2 is 1.83 bits per heavy atom. The zero-order chi connectivity index (χ0) is 12.7. The summed E-state index contributed by atoms with van der Waals surface area (Å²) in [6.07, 6.45) is 2.05. The van der Waals surface area contributed by atoms with Crippen LogP contribution < -0.4 is 0 Å². The molecule has 0 spiro atoms. The Morgan fingerprint density at radius 3 is 2.56 bits per heavy atom. The first-order chi connectivity index (χ1) is 8.65. The van der Waals surface area contributed by atoms with Crippen molar-refractivity contribution in [3.63, 3.8) is 0 Å². The molecule has 0 fully saturated rings. The standard InChI is InChI=1S/C14H10FIN2/c1-9-14(10-2-4-11(15)5-3-10)17-13-7-6-12(16)8-18(9)13/h2-8H,1H3/i16-4. The zero-order valence-corrected chi connectivity index (χ0v) is 11.8. The van der Waals surface area contributed by atoms with E-state index in [1.807, 2.05) is 25.3 Å². The maximum absolute atomic E-state index is 12.9. The Bertz CT molecular complexity index is 716. The molecule has 0 radical (unpaired) electrons. The molecule has 0 atom stereocenters. The molecule has 0 N–H and O–H groups in total. The van der Waals surface area contributed by atoms with Crippen LogP contribution in [0.5, 0.6) is 0 Å². The average molecular weight is 348 g/mol. The first-order valence-electron chi connectivity index (χ1n) is 5.55. The molecule has 0 aliphatic rings. The van der Waals surface area contributed by atoms with Gasteiger partial charge in [-0.1, -0.05) is 0 Å². The number of nitrogens with zero attached hydrogens (tertiary/aromatic N) is 2. The highest BCUT2D eigenvalue weighted by Crippen LogP contribution is 2.24. The normalized spacial score (nSPS) is 11.1. The number of fused-ring (bicyclic) bond motifs is 1. The molecular weight excluding hydrogens is 338 g/mol. The highest BCUT2D eigenvalue weighted by Gasteiger charge is 2.10. The molecule has 1 aromatic carbocycles. The van der Waals surface area contributed by atoms with Crippen LogP contribution in [0.1, 0.15) is 5.69 Å². The predicted octanol–water partition coefficient (Wildman–Crippen LogP) is 4.05. The van der Waals surface area contributed by atoms with Crippen LogP contribution in [-0.4, -0.2) is 9.38 Å². The third kappa shape index (κ3) is 1.90. The molecule has 2 heterocycles. The van der Waals surface area contributed by atoms with Crippen LogP contribution in [0.15, 0.2) is 42.6 Å². The van der Waals surface area contributed by atoms with E-state index in [9.17, 15) is 4.39 Å². The van der Waals surface area contributed by atoms with Gasteiger partial charge >= 0.3 is 0 Å². The molecule has 3 aromatic rings. The van der Waals surface area contributed by atoms with E-state index in [4.69, 9.17) is 0 Å². The van der Waals surface area contributed by atoms with Gasteiger partial charge in [0.05, 0.1) is 5.69 Å². The van der Waals surface area contributed by atoms with E-state index in [2.05, 4.69) is 32.0 Å². The molecule has 0 bridgehead atoms. The Kier molecular flexibility index (Phi) is 2.81. The highest BCUT2D eigenvalue weighted by atomic mass is 123. The fourth-order valence-corrected chi connectivity index (χ4v) is 2.48. The van der Waals surface area contributed by atoms with Crippen molar-refractivity contribution in [2.45, 2.75) is 6.92 Å². The Balaban J connectivity index is 2.23. The first kappa shape index (κ1) is 11.6. The van der Waals surface area contributed by atoms with Gasteiger partial charge < -0.3 is 4.40 Å². The lowest BCUT2D eigenvalue weighted by molar-refractivity contribution is 0.628. The fraction of sp³-hybridized carbons (Fsp3) is 0.0714. The first-order valence-corrected chi connectivity index (χ1v) is 6.63. The van der Waals surface area contributed by atoms with Gasteiger partial charge in [-0.05, 0) is 65.9 Å². The molecule has 0 saturated carbocycles. The number of benzene rings is 1. The van der Waals surface area contributed by atoms with E-state index in [0.717, 1.165) is 26.2 Å². The van der Waals surface area contributed by atoms with Crippen LogP contribution in [0.4, 0.5) is 4.39 Å². The summed E-state index contributed by atoms with van der Waals surface area (Å²) in [7, 11) is 0. The number of aryl methyl sites for hydroxylation is 1. The van der Waals surface area contributed by atoms with Crippen LogP contribution in [0.25, 0.3) is 16.9 Å². The van der Waals surface area contributed by atoms with E-state index < -0.39 is 0 Å². The molecule has 90 valence electrons. The minimum Gasteiger partial charge on any atom is -0.303 e. The molecule has 2 aromatic heterocycles. The van der Waals surface area contributed by atoms with Crippen molar-refractivity contribution in [2.24, 2.45) is 0 Å². The molecular formula is C14H10FIN2. The van der Waals surface area contributed by atoms with Crippen molar-refractivity contribution in [1.29, 1.82) is 0 Å². The van der Waals surface area contributed by atoms with Crippen molar-refractivity contribution in [3.8, 4) is 11.3 Å². The summed E-state index contributed by atoms with van der Waals surface area (Å²) in [5.74, 6) is -0.227. The Hall–Kier alpha value is -1.43. The van der Waals surface area contributed by atoms with Crippen LogP contribution in [0.2, 0.25) is 0 Å². The summed E-state index contributed by atoms with van der Waals surface area (Å²) in [6.45, 7) is 2.02. The summed E-state index contributed by atoms with van der Waals surface area (Å²) in [5, 5.41) is 0. The van der Waals surface area contributed by atoms with E-state index in [1.165, 1.54) is 12.1 Å². The van der Waals surface area contributed by atoms with Crippen molar-refractivity contribution < 1.29 is 4.39 Å². The second-order valence-corrected chi connectivity index (χ2v) is 5.37. The van der Waals surface area contributed by atoms with Crippen LogP contribution in [-0.2, 0) is 0 Å². The number of pyridine rings is 1. The van der Waals surface area contributed by atoms with E-state index >= 15 is 0 Å². The van der Waals surface area contributed by atoms with Crippen LogP contribution >= 0.6 is 22.6 Å². The molecule has 0 aliphatic carbocycles. The van der Waals surface area contributed by atoms with Crippen molar-refractivity contribution in [1.82, 2.24) is 9.38 Å². The molecule has 18 heavy (non-hydrogen) atoms. The molecule has 4 heteroatoms. The van der Waals surface area contributed by atoms with Crippen LogP contribution in [0, 0.1) is 16.3 Å². The van der Waals surface area contributed by atoms with Gasteiger partial charge in [0.25, 0.3) is 0 Å². The number of halogens is 2. The van der Waals surface area contributed by atoms with E-state index in [1.54, 1.807) is 12.1 Å². The monoisotopic (exact) mass is 348 g/mol. The van der Waals surface area contributed by atoms with Gasteiger partial charge in [0.1, 0.15) is 11.5 Å². The minimum absolute atomic E-state index is 0.227. The Morgan fingerprint density at radius 1 is 1.11 bits per heavy atom. The summed E-state index contributed by atoms with van der Waals surface area (Å²) >= 11 is 2.27. The molecule has 0 saturated heterocycles. The van der Waals surface area contributed by atoms with Gasteiger partial charge in [-0.15, -0.1) is 0 Å². The average Bonchev–Trinajstić information content (AvgIpc) is 2.68.